The maximum Gasteiger partial charge on any atom is 0.161 e. The number of methoxy groups -OCH3 is 1. The first-order chi connectivity index (χ1) is 11.3. The Morgan fingerprint density at radius 1 is 1.00 bits per heavy atom. The van der Waals surface area contributed by atoms with Crippen molar-refractivity contribution >= 4 is 11.3 Å². The van der Waals surface area contributed by atoms with Crippen LogP contribution in [0.4, 0.5) is 0 Å². The number of benzene rings is 2. The molecular weight excluding hydrogens is 306 g/mol. The number of thiophene rings is 1. The summed E-state index contributed by atoms with van der Waals surface area (Å²) in [6.45, 7) is 0.507. The molecule has 3 rings (SSSR count). The van der Waals surface area contributed by atoms with E-state index in [2.05, 4.69) is 0 Å². The molecule has 23 heavy (non-hydrogen) atoms. The molecule has 3 aromatic rings. The Balaban J connectivity index is 1.77. The van der Waals surface area contributed by atoms with E-state index in [9.17, 15) is 0 Å². The van der Waals surface area contributed by atoms with Gasteiger partial charge in [0.1, 0.15) is 6.61 Å². The van der Waals surface area contributed by atoms with Crippen LogP contribution in [0.1, 0.15) is 22.0 Å². The lowest BCUT2D eigenvalue weighted by Gasteiger charge is -2.15. The summed E-state index contributed by atoms with van der Waals surface area (Å²) >= 11 is 1.65. The van der Waals surface area contributed by atoms with Gasteiger partial charge < -0.3 is 15.2 Å². The molecule has 2 aromatic carbocycles. The van der Waals surface area contributed by atoms with Crippen molar-refractivity contribution in [2.45, 2.75) is 12.6 Å². The first-order valence-electron chi connectivity index (χ1n) is 7.41. The lowest BCUT2D eigenvalue weighted by Crippen LogP contribution is -2.10. The van der Waals surface area contributed by atoms with Gasteiger partial charge in [0.25, 0.3) is 0 Å². The molecular formula is C19H19NO2S. The van der Waals surface area contributed by atoms with E-state index < -0.39 is 0 Å². The van der Waals surface area contributed by atoms with Gasteiger partial charge >= 0.3 is 0 Å². The van der Waals surface area contributed by atoms with Crippen LogP contribution >= 0.6 is 11.3 Å². The van der Waals surface area contributed by atoms with Crippen molar-refractivity contribution in [2.24, 2.45) is 5.73 Å². The summed E-state index contributed by atoms with van der Waals surface area (Å²) in [6, 6.07) is 19.8. The van der Waals surface area contributed by atoms with Crippen LogP contribution in [-0.4, -0.2) is 7.11 Å². The van der Waals surface area contributed by atoms with Gasteiger partial charge in [-0.1, -0.05) is 42.5 Å². The Morgan fingerprint density at radius 2 is 1.83 bits per heavy atom. The molecule has 4 heteroatoms. The molecule has 0 saturated heterocycles. The quantitative estimate of drug-likeness (QED) is 0.731. The number of ether oxygens (including phenoxy) is 2. The van der Waals surface area contributed by atoms with Gasteiger partial charge in [0, 0.05) is 4.88 Å². The Labute approximate surface area is 140 Å². The lowest BCUT2D eigenvalue weighted by molar-refractivity contribution is 0.284. The number of hydrogen-bond acceptors (Lipinski definition) is 4. The molecule has 0 fully saturated rings. The summed E-state index contributed by atoms with van der Waals surface area (Å²) in [5.74, 6) is 1.42. The second-order valence-corrected chi connectivity index (χ2v) is 6.16. The maximum atomic E-state index is 6.31. The van der Waals surface area contributed by atoms with Crippen LogP contribution in [0.15, 0.2) is 66.0 Å². The number of nitrogens with two attached hydrogens (primary N) is 1. The predicted octanol–water partition coefficient (Wildman–Crippen LogP) is 4.38. The fourth-order valence-corrected chi connectivity index (χ4v) is 3.12. The highest BCUT2D eigenvalue weighted by Crippen LogP contribution is 2.33. The molecule has 0 bridgehead atoms. The van der Waals surface area contributed by atoms with Crippen molar-refractivity contribution in [2.75, 3.05) is 7.11 Å². The summed E-state index contributed by atoms with van der Waals surface area (Å²) in [5.41, 5.74) is 8.44. The summed E-state index contributed by atoms with van der Waals surface area (Å²) in [7, 11) is 1.64. The van der Waals surface area contributed by atoms with E-state index in [1.165, 1.54) is 0 Å². The third-order valence-corrected chi connectivity index (χ3v) is 4.59. The fourth-order valence-electron chi connectivity index (χ4n) is 2.36. The van der Waals surface area contributed by atoms with E-state index in [0.29, 0.717) is 12.4 Å². The van der Waals surface area contributed by atoms with Crippen LogP contribution in [0, 0.1) is 0 Å². The molecule has 0 aliphatic carbocycles. The predicted molar refractivity (Wildman–Crippen MR) is 94.1 cm³/mol. The monoisotopic (exact) mass is 325 g/mol. The fraction of sp³-hybridized carbons (Fsp3) is 0.158. The molecule has 0 aliphatic heterocycles. The number of rotatable bonds is 6. The van der Waals surface area contributed by atoms with E-state index in [0.717, 1.165) is 21.8 Å². The largest absolute Gasteiger partial charge is 0.493 e. The minimum Gasteiger partial charge on any atom is -0.493 e. The van der Waals surface area contributed by atoms with E-state index >= 15 is 0 Å². The Morgan fingerprint density at radius 3 is 2.52 bits per heavy atom. The second kappa shape index (κ2) is 7.31. The van der Waals surface area contributed by atoms with Crippen LogP contribution in [0.3, 0.4) is 0 Å². The lowest BCUT2D eigenvalue weighted by atomic mass is 10.1. The minimum atomic E-state index is -0.146. The third kappa shape index (κ3) is 3.73. The van der Waals surface area contributed by atoms with E-state index in [1.54, 1.807) is 18.4 Å². The van der Waals surface area contributed by atoms with Gasteiger partial charge in [0.05, 0.1) is 13.2 Å². The molecule has 0 spiro atoms. The normalized spacial score (nSPS) is 11.9. The van der Waals surface area contributed by atoms with Crippen LogP contribution in [0.25, 0.3) is 0 Å². The Kier molecular flexibility index (Phi) is 4.95. The topological polar surface area (TPSA) is 44.5 Å². The molecule has 0 unspecified atom stereocenters. The second-order valence-electron chi connectivity index (χ2n) is 5.18. The number of hydrogen-bond donors (Lipinski definition) is 1. The standard InChI is InChI=1S/C19H19NO2S/c1-21-17-12-15(19(20)18-8-5-11-23-18)9-10-16(17)22-13-14-6-3-2-4-7-14/h2-12,19H,13,20H2,1H3/t19-/m1/s1. The van der Waals surface area contributed by atoms with Gasteiger partial charge in [0.2, 0.25) is 0 Å². The van der Waals surface area contributed by atoms with Crippen LogP contribution in [0.5, 0.6) is 11.5 Å². The third-order valence-electron chi connectivity index (χ3n) is 3.63. The average molecular weight is 325 g/mol. The molecule has 1 heterocycles. The molecule has 118 valence electrons. The van der Waals surface area contributed by atoms with Crippen LogP contribution in [-0.2, 0) is 6.61 Å². The summed E-state index contributed by atoms with van der Waals surface area (Å²) in [4.78, 5) is 1.13. The van der Waals surface area contributed by atoms with E-state index in [1.807, 2.05) is 66.0 Å². The summed E-state index contributed by atoms with van der Waals surface area (Å²) in [6.07, 6.45) is 0. The van der Waals surface area contributed by atoms with Crippen LogP contribution in [0.2, 0.25) is 0 Å². The SMILES string of the molecule is COc1cc([C@@H](N)c2cccs2)ccc1OCc1ccccc1. The van der Waals surface area contributed by atoms with Crippen molar-refractivity contribution in [1.82, 2.24) is 0 Å². The Bertz CT molecular complexity index is 741. The zero-order chi connectivity index (χ0) is 16.1. The highest BCUT2D eigenvalue weighted by Gasteiger charge is 2.13. The van der Waals surface area contributed by atoms with Crippen molar-refractivity contribution in [3.63, 3.8) is 0 Å². The Hall–Kier alpha value is -2.30. The van der Waals surface area contributed by atoms with Crippen molar-refractivity contribution in [3.05, 3.63) is 82.0 Å². The van der Waals surface area contributed by atoms with Gasteiger partial charge in [-0.25, -0.2) is 0 Å². The van der Waals surface area contributed by atoms with Gasteiger partial charge in [-0.2, -0.15) is 0 Å². The van der Waals surface area contributed by atoms with Gasteiger partial charge in [-0.05, 0) is 34.7 Å². The van der Waals surface area contributed by atoms with Gasteiger partial charge in [-0.3, -0.25) is 0 Å². The zero-order valence-electron chi connectivity index (χ0n) is 12.9. The highest BCUT2D eigenvalue weighted by molar-refractivity contribution is 7.10. The van der Waals surface area contributed by atoms with E-state index in [4.69, 9.17) is 15.2 Å². The molecule has 1 aromatic heterocycles. The van der Waals surface area contributed by atoms with Crippen molar-refractivity contribution < 1.29 is 9.47 Å². The van der Waals surface area contributed by atoms with Crippen LogP contribution < -0.4 is 15.2 Å². The van der Waals surface area contributed by atoms with E-state index in [-0.39, 0.29) is 6.04 Å². The minimum absolute atomic E-state index is 0.146. The smallest absolute Gasteiger partial charge is 0.161 e. The average Bonchev–Trinajstić information content (AvgIpc) is 3.14. The first-order valence-corrected chi connectivity index (χ1v) is 8.29. The molecule has 3 nitrogen and oxygen atoms in total. The van der Waals surface area contributed by atoms with Crippen molar-refractivity contribution in [1.29, 1.82) is 0 Å². The molecule has 1 atom stereocenters. The molecule has 0 radical (unpaired) electrons. The maximum absolute atomic E-state index is 6.31. The van der Waals surface area contributed by atoms with Gasteiger partial charge in [0.15, 0.2) is 11.5 Å². The first kappa shape index (κ1) is 15.6. The highest BCUT2D eigenvalue weighted by atomic mass is 32.1. The zero-order valence-corrected chi connectivity index (χ0v) is 13.8. The summed E-state index contributed by atoms with van der Waals surface area (Å²) in [5, 5.41) is 2.03. The molecule has 0 aliphatic rings. The molecule has 2 N–H and O–H groups in total. The molecule has 0 saturated carbocycles. The summed E-state index contributed by atoms with van der Waals surface area (Å²) < 4.78 is 11.3. The van der Waals surface area contributed by atoms with Crippen molar-refractivity contribution in [3.8, 4) is 11.5 Å². The van der Waals surface area contributed by atoms with Gasteiger partial charge in [-0.15, -0.1) is 11.3 Å². The molecule has 0 amide bonds.